The number of nitrogens with one attached hydrogen (secondary N) is 1. The fourth-order valence-electron chi connectivity index (χ4n) is 3.99. The number of aliphatic carboxylic acids is 1. The van der Waals surface area contributed by atoms with Crippen LogP contribution >= 0.6 is 0 Å². The fourth-order valence-corrected chi connectivity index (χ4v) is 3.99. The Morgan fingerprint density at radius 1 is 0.895 bits per heavy atom. The number of carbonyl (C=O) groups is 3. The van der Waals surface area contributed by atoms with E-state index in [-0.39, 0.29) is 19.1 Å². The highest BCUT2D eigenvalue weighted by Gasteiger charge is 2.30. The van der Waals surface area contributed by atoms with Crippen LogP contribution in [-0.4, -0.2) is 53.5 Å². The van der Waals surface area contributed by atoms with Gasteiger partial charge in [-0.1, -0.05) is 80.1 Å². The lowest BCUT2D eigenvalue weighted by molar-refractivity contribution is -0.142. The van der Waals surface area contributed by atoms with Crippen LogP contribution < -0.4 is 5.32 Å². The van der Waals surface area contributed by atoms with Gasteiger partial charge in [-0.15, -0.1) is 0 Å². The second-order valence-electron chi connectivity index (χ2n) is 9.38. The second kappa shape index (κ2) is 14.1. The van der Waals surface area contributed by atoms with Crippen LogP contribution in [0.1, 0.15) is 48.2 Å². The number of nitrogens with zero attached hydrogens (tertiary/aromatic N) is 1. The van der Waals surface area contributed by atoms with E-state index in [1.165, 1.54) is 24.4 Å². The molecule has 2 N–H and O–H groups in total. The topological polar surface area (TPSA) is 95.9 Å². The van der Waals surface area contributed by atoms with Crippen LogP contribution in [0.2, 0.25) is 0 Å². The third-order valence-electron chi connectivity index (χ3n) is 6.45. The molecule has 0 radical (unpaired) electrons. The zero-order valence-corrected chi connectivity index (χ0v) is 22.2. The summed E-state index contributed by atoms with van der Waals surface area (Å²) in [6, 6.07) is 23.0. The summed E-state index contributed by atoms with van der Waals surface area (Å²) in [5, 5.41) is 11.7. The molecule has 0 heterocycles. The Morgan fingerprint density at radius 3 is 2.08 bits per heavy atom. The van der Waals surface area contributed by atoms with Crippen molar-refractivity contribution in [1.29, 1.82) is 0 Å². The largest absolute Gasteiger partial charge is 0.480 e. The maximum atomic E-state index is 13.3. The van der Waals surface area contributed by atoms with Crippen molar-refractivity contribution in [1.82, 2.24) is 10.2 Å². The Hall–Kier alpha value is -3.97. The van der Waals surface area contributed by atoms with Gasteiger partial charge < -0.3 is 20.1 Å². The third-order valence-corrected chi connectivity index (χ3v) is 6.45. The molecule has 0 saturated carbocycles. The van der Waals surface area contributed by atoms with Crippen molar-refractivity contribution in [3.8, 4) is 11.1 Å². The van der Waals surface area contributed by atoms with Gasteiger partial charge >= 0.3 is 5.97 Å². The highest BCUT2D eigenvalue weighted by Crippen LogP contribution is 2.22. The number of hydrogen-bond donors (Lipinski definition) is 2. The quantitative estimate of drug-likeness (QED) is 0.335. The molecule has 0 aliphatic heterocycles. The average molecular weight is 517 g/mol. The lowest BCUT2D eigenvalue weighted by Gasteiger charge is -2.28. The van der Waals surface area contributed by atoms with Gasteiger partial charge in [0, 0.05) is 12.6 Å². The number of likely N-dealkylation sites (N-methyl/N-ethyl adjacent to an activating group) is 1. The highest BCUT2D eigenvalue weighted by molar-refractivity contribution is 5.98. The van der Waals surface area contributed by atoms with Crippen molar-refractivity contribution < 1.29 is 24.2 Å². The second-order valence-corrected chi connectivity index (χ2v) is 9.38. The summed E-state index contributed by atoms with van der Waals surface area (Å²) >= 11 is 0. The van der Waals surface area contributed by atoms with E-state index in [1.54, 1.807) is 12.1 Å². The van der Waals surface area contributed by atoms with Crippen molar-refractivity contribution in [2.75, 3.05) is 13.7 Å². The Balaban J connectivity index is 1.71. The van der Waals surface area contributed by atoms with E-state index in [2.05, 4.69) is 36.5 Å². The van der Waals surface area contributed by atoms with Gasteiger partial charge in [0.15, 0.2) is 0 Å². The molecule has 3 aromatic rings. The molecule has 0 aliphatic carbocycles. The van der Waals surface area contributed by atoms with Gasteiger partial charge in [0.05, 0.1) is 13.2 Å². The normalized spacial score (nSPS) is 12.4. The van der Waals surface area contributed by atoms with Crippen LogP contribution in [0.25, 0.3) is 11.1 Å². The number of unbranched alkanes of at least 4 members (excludes halogenated alkanes) is 1. The Kier molecular flexibility index (Phi) is 10.6. The van der Waals surface area contributed by atoms with E-state index in [1.807, 2.05) is 42.5 Å². The van der Waals surface area contributed by atoms with Gasteiger partial charge in [0.25, 0.3) is 5.91 Å². The number of rotatable bonds is 13. The van der Waals surface area contributed by atoms with E-state index >= 15 is 0 Å². The van der Waals surface area contributed by atoms with Crippen molar-refractivity contribution in [2.45, 2.75) is 51.8 Å². The standard InChI is InChI=1S/C31H36N2O5/c1-4-5-9-23-12-14-25(15-13-23)26-16-18-27(19-17-26)30(35)33(3)28(29(34)32-22(2)31(36)37)21-38-20-24-10-7-6-8-11-24/h6-8,10-19,22,28H,4-5,9,20-21H2,1-3H3,(H,32,34)(H,36,37)/t22-,28-/m1/s1. The predicted molar refractivity (Wildman–Crippen MR) is 148 cm³/mol. The summed E-state index contributed by atoms with van der Waals surface area (Å²) in [4.78, 5) is 38.8. The lowest BCUT2D eigenvalue weighted by atomic mass is 10.0. The number of hydrogen-bond acceptors (Lipinski definition) is 4. The first-order valence-electron chi connectivity index (χ1n) is 12.9. The molecule has 2 amide bonds. The molecule has 0 aliphatic rings. The first kappa shape index (κ1) is 28.6. The Morgan fingerprint density at radius 2 is 1.50 bits per heavy atom. The smallest absolute Gasteiger partial charge is 0.325 e. The van der Waals surface area contributed by atoms with Crippen LogP contribution in [0.15, 0.2) is 78.9 Å². The molecule has 7 heteroatoms. The van der Waals surface area contributed by atoms with Crippen molar-refractivity contribution in [3.63, 3.8) is 0 Å². The van der Waals surface area contributed by atoms with Crippen molar-refractivity contribution in [3.05, 3.63) is 95.6 Å². The van der Waals surface area contributed by atoms with Gasteiger partial charge in [-0.3, -0.25) is 14.4 Å². The molecular weight excluding hydrogens is 480 g/mol. The number of carboxylic acid groups (broad SMARTS) is 1. The van der Waals surface area contributed by atoms with Crippen LogP contribution in [0.3, 0.4) is 0 Å². The minimum absolute atomic E-state index is 0.0855. The molecule has 7 nitrogen and oxygen atoms in total. The third kappa shape index (κ3) is 8.02. The maximum Gasteiger partial charge on any atom is 0.325 e. The van der Waals surface area contributed by atoms with Gasteiger partial charge in [0.2, 0.25) is 5.91 Å². The fraction of sp³-hybridized carbons (Fsp3) is 0.323. The van der Waals surface area contributed by atoms with Gasteiger partial charge in [-0.2, -0.15) is 0 Å². The van der Waals surface area contributed by atoms with Crippen LogP contribution in [0.5, 0.6) is 0 Å². The average Bonchev–Trinajstić information content (AvgIpc) is 2.94. The van der Waals surface area contributed by atoms with E-state index in [0.717, 1.165) is 36.0 Å². The minimum Gasteiger partial charge on any atom is -0.480 e. The molecule has 0 aromatic heterocycles. The number of carboxylic acids is 1. The molecule has 3 rings (SSSR count). The zero-order chi connectivity index (χ0) is 27.5. The molecule has 0 saturated heterocycles. The number of carbonyl (C=O) groups excluding carboxylic acids is 2. The zero-order valence-electron chi connectivity index (χ0n) is 22.2. The highest BCUT2D eigenvalue weighted by atomic mass is 16.5. The van der Waals surface area contributed by atoms with Crippen LogP contribution in [0.4, 0.5) is 0 Å². The Bertz CT molecular complexity index is 1190. The summed E-state index contributed by atoms with van der Waals surface area (Å²) < 4.78 is 5.76. The summed E-state index contributed by atoms with van der Waals surface area (Å²) in [6.45, 7) is 3.72. The lowest BCUT2D eigenvalue weighted by Crippen LogP contribution is -2.53. The SMILES string of the molecule is CCCCc1ccc(-c2ccc(C(=O)N(C)[C@H](COCc3ccccc3)C(=O)N[C@H](C)C(=O)O)cc2)cc1. The molecule has 0 unspecified atom stereocenters. The molecule has 38 heavy (non-hydrogen) atoms. The van der Waals surface area contributed by atoms with Crippen molar-refractivity contribution in [2.24, 2.45) is 0 Å². The first-order valence-corrected chi connectivity index (χ1v) is 12.9. The van der Waals surface area contributed by atoms with Crippen LogP contribution in [0, 0.1) is 0 Å². The minimum atomic E-state index is -1.16. The van der Waals surface area contributed by atoms with Gasteiger partial charge in [-0.25, -0.2) is 0 Å². The summed E-state index contributed by atoms with van der Waals surface area (Å²) in [6.07, 6.45) is 3.38. The monoisotopic (exact) mass is 516 g/mol. The molecule has 3 aromatic carbocycles. The molecule has 200 valence electrons. The first-order chi connectivity index (χ1) is 18.3. The van der Waals surface area contributed by atoms with Gasteiger partial charge in [-0.05, 0) is 54.2 Å². The van der Waals surface area contributed by atoms with E-state index < -0.39 is 24.0 Å². The maximum absolute atomic E-state index is 13.3. The molecule has 2 atom stereocenters. The molecule has 0 spiro atoms. The summed E-state index contributed by atoms with van der Waals surface area (Å²) in [5.74, 6) is -2.12. The summed E-state index contributed by atoms with van der Waals surface area (Å²) in [7, 11) is 1.52. The van der Waals surface area contributed by atoms with E-state index in [0.29, 0.717) is 5.56 Å². The van der Waals surface area contributed by atoms with E-state index in [4.69, 9.17) is 4.74 Å². The van der Waals surface area contributed by atoms with Crippen molar-refractivity contribution >= 4 is 17.8 Å². The number of amides is 2. The predicted octanol–water partition coefficient (Wildman–Crippen LogP) is 4.94. The van der Waals surface area contributed by atoms with E-state index in [9.17, 15) is 19.5 Å². The molecule has 0 bridgehead atoms. The molecule has 0 fully saturated rings. The van der Waals surface area contributed by atoms with Gasteiger partial charge in [0.1, 0.15) is 12.1 Å². The molecular formula is C31H36N2O5. The summed E-state index contributed by atoms with van der Waals surface area (Å²) in [5.41, 5.74) is 4.70. The number of ether oxygens (including phenoxy) is 1. The Labute approximate surface area is 224 Å². The van der Waals surface area contributed by atoms with Crippen LogP contribution in [-0.2, 0) is 27.4 Å². The number of aryl methyl sites for hydroxylation is 1. The number of benzene rings is 3.